The first kappa shape index (κ1) is 19.9. The molecule has 1 heterocycles. The number of para-hydroxylation sites is 2. The summed E-state index contributed by atoms with van der Waals surface area (Å²) in [5, 5.41) is 0. The molecule has 1 saturated carbocycles. The Bertz CT molecular complexity index is 530. The van der Waals surface area contributed by atoms with Crippen LogP contribution in [0.4, 0.5) is 5.69 Å². The summed E-state index contributed by atoms with van der Waals surface area (Å²) in [7, 11) is 0. The van der Waals surface area contributed by atoms with Crippen molar-refractivity contribution in [2.24, 2.45) is 5.73 Å². The fraction of sp³-hybridized carbons (Fsp3) is 0.562. The summed E-state index contributed by atoms with van der Waals surface area (Å²) in [5.41, 5.74) is 6.57. The number of carbonyl (C=O) groups excluding carboxylic acids is 1. The minimum atomic E-state index is -0.550. The van der Waals surface area contributed by atoms with Crippen molar-refractivity contribution in [1.82, 2.24) is 4.90 Å². The molecule has 0 atom stereocenters. The van der Waals surface area contributed by atoms with Gasteiger partial charge >= 0.3 is 0 Å². The molecule has 0 bridgehead atoms. The topological polar surface area (TPSA) is 58.8 Å². The van der Waals surface area contributed by atoms with Crippen LogP contribution < -0.4 is 15.4 Å². The number of anilines is 1. The molecule has 0 spiro atoms. The van der Waals surface area contributed by atoms with E-state index in [1.165, 1.54) is 0 Å². The molecular formula is C16H25Cl2N3O2. The van der Waals surface area contributed by atoms with Crippen LogP contribution in [0.5, 0.6) is 5.75 Å². The van der Waals surface area contributed by atoms with E-state index < -0.39 is 5.54 Å². The summed E-state index contributed by atoms with van der Waals surface area (Å²) in [4.78, 5) is 16.4. The van der Waals surface area contributed by atoms with Gasteiger partial charge in [-0.05, 0) is 31.9 Å². The molecule has 7 heteroatoms. The van der Waals surface area contributed by atoms with E-state index in [0.29, 0.717) is 6.61 Å². The van der Waals surface area contributed by atoms with Crippen LogP contribution >= 0.6 is 24.8 Å². The highest BCUT2D eigenvalue weighted by molar-refractivity contribution is 5.89. The van der Waals surface area contributed by atoms with E-state index in [2.05, 4.69) is 11.0 Å². The Balaban J connectivity index is 0.00000132. The van der Waals surface area contributed by atoms with Gasteiger partial charge in [0, 0.05) is 26.2 Å². The predicted octanol–water partition coefficient (Wildman–Crippen LogP) is 2.07. The normalized spacial score (nSPS) is 18.5. The molecule has 23 heavy (non-hydrogen) atoms. The van der Waals surface area contributed by atoms with Crippen LogP contribution in [0.2, 0.25) is 0 Å². The molecule has 1 aliphatic carbocycles. The Morgan fingerprint density at radius 1 is 1.17 bits per heavy atom. The first-order valence-corrected chi connectivity index (χ1v) is 7.69. The maximum Gasteiger partial charge on any atom is 0.242 e. The van der Waals surface area contributed by atoms with Crippen LogP contribution in [0.3, 0.4) is 0 Å². The van der Waals surface area contributed by atoms with Crippen LogP contribution in [0.1, 0.15) is 19.8 Å². The lowest BCUT2D eigenvalue weighted by atomic mass is 10.2. The van der Waals surface area contributed by atoms with Gasteiger partial charge in [0.05, 0.1) is 17.8 Å². The van der Waals surface area contributed by atoms with Crippen molar-refractivity contribution in [3.05, 3.63) is 24.3 Å². The van der Waals surface area contributed by atoms with Crippen LogP contribution in [-0.2, 0) is 4.79 Å². The molecule has 1 amide bonds. The second-order valence-corrected chi connectivity index (χ2v) is 5.84. The van der Waals surface area contributed by atoms with Gasteiger partial charge < -0.3 is 20.3 Å². The van der Waals surface area contributed by atoms with Crippen molar-refractivity contribution in [3.63, 3.8) is 0 Å². The highest BCUT2D eigenvalue weighted by Crippen LogP contribution is 2.35. The van der Waals surface area contributed by atoms with Gasteiger partial charge in [0.25, 0.3) is 0 Å². The van der Waals surface area contributed by atoms with E-state index in [4.69, 9.17) is 10.5 Å². The maximum atomic E-state index is 12.3. The average molecular weight is 362 g/mol. The molecular weight excluding hydrogens is 337 g/mol. The molecule has 0 unspecified atom stereocenters. The van der Waals surface area contributed by atoms with Gasteiger partial charge in [0.15, 0.2) is 0 Å². The van der Waals surface area contributed by atoms with Gasteiger partial charge in [0.1, 0.15) is 5.75 Å². The summed E-state index contributed by atoms with van der Waals surface area (Å²) in [6, 6.07) is 8.08. The zero-order valence-electron chi connectivity index (χ0n) is 13.4. The van der Waals surface area contributed by atoms with Crippen molar-refractivity contribution < 1.29 is 9.53 Å². The number of rotatable bonds is 4. The number of ether oxygens (including phenoxy) is 1. The highest BCUT2D eigenvalue weighted by Gasteiger charge is 2.48. The average Bonchev–Trinajstić information content (AvgIpc) is 3.27. The predicted molar refractivity (Wildman–Crippen MR) is 97.1 cm³/mol. The van der Waals surface area contributed by atoms with Gasteiger partial charge in [0.2, 0.25) is 5.91 Å². The molecule has 1 saturated heterocycles. The van der Waals surface area contributed by atoms with E-state index >= 15 is 0 Å². The number of halogens is 2. The van der Waals surface area contributed by atoms with Gasteiger partial charge in [-0.2, -0.15) is 0 Å². The second kappa shape index (κ2) is 8.08. The summed E-state index contributed by atoms with van der Waals surface area (Å²) in [6.45, 7) is 5.77. The van der Waals surface area contributed by atoms with Crippen LogP contribution in [0.15, 0.2) is 24.3 Å². The van der Waals surface area contributed by atoms with Crippen LogP contribution in [0, 0.1) is 0 Å². The van der Waals surface area contributed by atoms with Crippen molar-refractivity contribution in [2.45, 2.75) is 25.3 Å². The Morgan fingerprint density at radius 2 is 1.78 bits per heavy atom. The van der Waals surface area contributed by atoms with Gasteiger partial charge in [-0.3, -0.25) is 4.79 Å². The zero-order valence-corrected chi connectivity index (χ0v) is 15.0. The molecule has 1 aromatic carbocycles. The minimum absolute atomic E-state index is 0. The molecule has 2 aliphatic rings. The quantitative estimate of drug-likeness (QED) is 0.891. The van der Waals surface area contributed by atoms with E-state index in [1.807, 2.05) is 30.0 Å². The minimum Gasteiger partial charge on any atom is -0.492 e. The summed E-state index contributed by atoms with van der Waals surface area (Å²) >= 11 is 0. The lowest BCUT2D eigenvalue weighted by Gasteiger charge is -2.37. The fourth-order valence-electron chi connectivity index (χ4n) is 2.81. The van der Waals surface area contributed by atoms with Crippen molar-refractivity contribution in [3.8, 4) is 5.75 Å². The van der Waals surface area contributed by atoms with Gasteiger partial charge in [-0.25, -0.2) is 0 Å². The van der Waals surface area contributed by atoms with E-state index in [1.54, 1.807) is 0 Å². The molecule has 5 nitrogen and oxygen atoms in total. The molecule has 2 fully saturated rings. The largest absolute Gasteiger partial charge is 0.492 e. The summed E-state index contributed by atoms with van der Waals surface area (Å²) in [6.07, 6.45) is 1.67. The number of nitrogens with two attached hydrogens (primary N) is 1. The molecule has 3 rings (SSSR count). The molecule has 2 N–H and O–H groups in total. The number of hydrogen-bond acceptors (Lipinski definition) is 4. The van der Waals surface area contributed by atoms with Crippen LogP contribution in [0.25, 0.3) is 0 Å². The number of hydrogen-bond donors (Lipinski definition) is 1. The lowest BCUT2D eigenvalue weighted by Crippen LogP contribution is -2.54. The maximum absolute atomic E-state index is 12.3. The van der Waals surface area contributed by atoms with Crippen molar-refractivity contribution >= 4 is 36.4 Å². The third kappa shape index (κ3) is 4.22. The Morgan fingerprint density at radius 3 is 2.35 bits per heavy atom. The number of benzene rings is 1. The second-order valence-electron chi connectivity index (χ2n) is 5.84. The molecule has 1 aromatic rings. The summed E-state index contributed by atoms with van der Waals surface area (Å²) < 4.78 is 5.69. The third-order valence-corrected chi connectivity index (χ3v) is 4.29. The summed E-state index contributed by atoms with van der Waals surface area (Å²) in [5.74, 6) is 1.04. The number of nitrogens with zero attached hydrogens (tertiary/aromatic N) is 2. The lowest BCUT2D eigenvalue weighted by molar-refractivity contribution is -0.133. The molecule has 0 aromatic heterocycles. The SMILES string of the molecule is CCOc1ccccc1N1CCN(C(=O)C2(N)CC2)CC1.Cl.Cl. The molecule has 130 valence electrons. The van der Waals surface area contributed by atoms with E-state index in [9.17, 15) is 4.79 Å². The Labute approximate surface area is 150 Å². The number of amides is 1. The fourth-order valence-corrected chi connectivity index (χ4v) is 2.81. The number of piperazine rings is 1. The van der Waals surface area contributed by atoms with E-state index in [0.717, 1.165) is 50.5 Å². The Hall–Kier alpha value is -1.17. The monoisotopic (exact) mass is 361 g/mol. The van der Waals surface area contributed by atoms with Crippen molar-refractivity contribution in [1.29, 1.82) is 0 Å². The first-order valence-electron chi connectivity index (χ1n) is 7.69. The van der Waals surface area contributed by atoms with Gasteiger partial charge in [-0.15, -0.1) is 24.8 Å². The smallest absolute Gasteiger partial charge is 0.242 e. The number of carbonyl (C=O) groups is 1. The standard InChI is InChI=1S/C16H23N3O2.2ClH/c1-2-21-14-6-4-3-5-13(14)18-9-11-19(12-10-18)15(20)16(17)7-8-16;;/h3-6H,2,7-12,17H2,1H3;2*1H. The van der Waals surface area contributed by atoms with E-state index in [-0.39, 0.29) is 30.7 Å². The molecule has 0 radical (unpaired) electrons. The van der Waals surface area contributed by atoms with Gasteiger partial charge in [-0.1, -0.05) is 12.1 Å². The van der Waals surface area contributed by atoms with Crippen LogP contribution in [-0.4, -0.2) is 49.1 Å². The third-order valence-electron chi connectivity index (χ3n) is 4.29. The highest BCUT2D eigenvalue weighted by atomic mass is 35.5. The Kier molecular flexibility index (Phi) is 6.99. The molecule has 1 aliphatic heterocycles. The first-order chi connectivity index (χ1) is 10.1. The zero-order chi connectivity index (χ0) is 14.9. The van der Waals surface area contributed by atoms with Crippen molar-refractivity contribution in [2.75, 3.05) is 37.7 Å².